The summed E-state index contributed by atoms with van der Waals surface area (Å²) in [5.74, 6) is -0.266. The lowest BCUT2D eigenvalue weighted by Gasteiger charge is -2.10. The number of hydrogen-bond donors (Lipinski definition) is 1. The van der Waals surface area contributed by atoms with Gasteiger partial charge in [-0.2, -0.15) is 0 Å². The molecule has 6 heteroatoms. The highest BCUT2D eigenvalue weighted by molar-refractivity contribution is 7.90. The van der Waals surface area contributed by atoms with Gasteiger partial charge in [-0.1, -0.05) is 6.07 Å². The summed E-state index contributed by atoms with van der Waals surface area (Å²) in [6.45, 7) is 1.54. The number of ether oxygens (including phenoxy) is 1. The highest BCUT2D eigenvalue weighted by atomic mass is 32.2. The van der Waals surface area contributed by atoms with Crippen molar-refractivity contribution in [2.75, 3.05) is 6.26 Å². The van der Waals surface area contributed by atoms with Gasteiger partial charge in [0.25, 0.3) is 0 Å². The van der Waals surface area contributed by atoms with Gasteiger partial charge in [-0.25, -0.2) is 12.8 Å². The Kier molecular flexibility index (Phi) is 4.29. The molecule has 1 atom stereocenters. The van der Waals surface area contributed by atoms with E-state index in [4.69, 9.17) is 4.74 Å². The molecule has 0 radical (unpaired) electrons. The zero-order valence-corrected chi connectivity index (χ0v) is 12.4. The molecular formula is C15H15FO4S. The molecular weight excluding hydrogens is 295 g/mol. The Bertz CT molecular complexity index is 737. The average molecular weight is 310 g/mol. The number of hydrogen-bond acceptors (Lipinski definition) is 4. The maximum Gasteiger partial charge on any atom is 0.175 e. The summed E-state index contributed by atoms with van der Waals surface area (Å²) in [6, 6.07) is 9.89. The fourth-order valence-corrected chi connectivity index (χ4v) is 2.37. The van der Waals surface area contributed by atoms with Gasteiger partial charge in [-0.15, -0.1) is 0 Å². The zero-order valence-electron chi connectivity index (χ0n) is 11.6. The van der Waals surface area contributed by atoms with Gasteiger partial charge in [0.05, 0.1) is 11.0 Å². The van der Waals surface area contributed by atoms with E-state index in [0.717, 1.165) is 6.26 Å². The lowest BCUT2D eigenvalue weighted by atomic mass is 10.1. The van der Waals surface area contributed by atoms with Crippen LogP contribution in [0.4, 0.5) is 4.39 Å². The van der Waals surface area contributed by atoms with Crippen LogP contribution in [0, 0.1) is 5.82 Å². The Labute approximate surface area is 122 Å². The van der Waals surface area contributed by atoms with Gasteiger partial charge in [-0.05, 0) is 48.9 Å². The van der Waals surface area contributed by atoms with E-state index in [0.29, 0.717) is 11.3 Å². The minimum atomic E-state index is -3.27. The van der Waals surface area contributed by atoms with Crippen LogP contribution in [0.25, 0.3) is 0 Å². The van der Waals surface area contributed by atoms with E-state index in [2.05, 4.69) is 0 Å². The van der Waals surface area contributed by atoms with Crippen LogP contribution in [0.5, 0.6) is 11.5 Å². The van der Waals surface area contributed by atoms with Crippen LogP contribution < -0.4 is 4.74 Å². The van der Waals surface area contributed by atoms with E-state index in [1.54, 1.807) is 13.0 Å². The van der Waals surface area contributed by atoms with Crippen LogP contribution in [0.2, 0.25) is 0 Å². The maximum absolute atomic E-state index is 13.8. The monoisotopic (exact) mass is 310 g/mol. The zero-order chi connectivity index (χ0) is 15.6. The van der Waals surface area contributed by atoms with Gasteiger partial charge in [-0.3, -0.25) is 0 Å². The third-order valence-electron chi connectivity index (χ3n) is 2.92. The predicted molar refractivity (Wildman–Crippen MR) is 76.7 cm³/mol. The molecule has 112 valence electrons. The minimum absolute atomic E-state index is 0.00602. The normalized spacial score (nSPS) is 13.0. The van der Waals surface area contributed by atoms with Crippen molar-refractivity contribution < 1.29 is 22.7 Å². The Morgan fingerprint density at radius 3 is 2.24 bits per heavy atom. The molecule has 2 aromatic rings. The standard InChI is InChI=1S/C15H15FO4S/c1-10(17)11-3-8-15(14(16)9-11)20-12-4-6-13(7-5-12)21(2,18)19/h3-10,17H,1-2H3/t10-/m1/s1. The van der Waals surface area contributed by atoms with Crippen molar-refractivity contribution in [3.63, 3.8) is 0 Å². The average Bonchev–Trinajstić information content (AvgIpc) is 2.40. The number of halogens is 1. The van der Waals surface area contributed by atoms with Gasteiger partial charge in [0.2, 0.25) is 0 Å². The van der Waals surface area contributed by atoms with E-state index in [-0.39, 0.29) is 10.6 Å². The minimum Gasteiger partial charge on any atom is -0.454 e. The summed E-state index contributed by atoms with van der Waals surface area (Å²) in [4.78, 5) is 0.166. The summed E-state index contributed by atoms with van der Waals surface area (Å²) in [6.07, 6.45) is 0.347. The highest BCUT2D eigenvalue weighted by Gasteiger charge is 2.10. The highest BCUT2D eigenvalue weighted by Crippen LogP contribution is 2.27. The van der Waals surface area contributed by atoms with Crippen molar-refractivity contribution in [1.82, 2.24) is 0 Å². The molecule has 0 aliphatic heterocycles. The van der Waals surface area contributed by atoms with E-state index in [1.165, 1.54) is 36.4 Å². The lowest BCUT2D eigenvalue weighted by Crippen LogP contribution is -1.97. The molecule has 0 amide bonds. The van der Waals surface area contributed by atoms with Crippen molar-refractivity contribution in [1.29, 1.82) is 0 Å². The summed E-state index contributed by atoms with van der Waals surface area (Å²) in [5, 5.41) is 9.37. The van der Waals surface area contributed by atoms with Gasteiger partial charge >= 0.3 is 0 Å². The Balaban J connectivity index is 2.22. The second kappa shape index (κ2) is 5.83. The number of aliphatic hydroxyl groups is 1. The molecule has 0 unspecified atom stereocenters. The molecule has 0 heterocycles. The molecule has 0 saturated carbocycles. The second-order valence-corrected chi connectivity index (χ2v) is 6.73. The first-order valence-corrected chi connectivity index (χ1v) is 8.12. The molecule has 0 aliphatic rings. The van der Waals surface area contributed by atoms with E-state index >= 15 is 0 Å². The molecule has 0 aliphatic carbocycles. The fraction of sp³-hybridized carbons (Fsp3) is 0.200. The third-order valence-corrected chi connectivity index (χ3v) is 4.05. The van der Waals surface area contributed by atoms with Crippen molar-refractivity contribution in [2.24, 2.45) is 0 Å². The molecule has 0 fully saturated rings. The smallest absolute Gasteiger partial charge is 0.175 e. The van der Waals surface area contributed by atoms with E-state index in [9.17, 15) is 17.9 Å². The molecule has 0 bridgehead atoms. The molecule has 0 spiro atoms. The molecule has 21 heavy (non-hydrogen) atoms. The molecule has 4 nitrogen and oxygen atoms in total. The van der Waals surface area contributed by atoms with Gasteiger partial charge in [0, 0.05) is 6.26 Å². The largest absolute Gasteiger partial charge is 0.454 e. The summed E-state index contributed by atoms with van der Waals surface area (Å²) < 4.78 is 41.9. The Morgan fingerprint density at radius 1 is 1.14 bits per heavy atom. The van der Waals surface area contributed by atoms with Gasteiger partial charge in [0.1, 0.15) is 5.75 Å². The number of sulfone groups is 1. The van der Waals surface area contributed by atoms with Crippen LogP contribution >= 0.6 is 0 Å². The first-order chi connectivity index (χ1) is 9.77. The van der Waals surface area contributed by atoms with Crippen LogP contribution in [-0.2, 0) is 9.84 Å². The van der Waals surface area contributed by atoms with Crippen LogP contribution in [-0.4, -0.2) is 19.8 Å². The molecule has 1 N–H and O–H groups in total. The first kappa shape index (κ1) is 15.5. The maximum atomic E-state index is 13.8. The first-order valence-electron chi connectivity index (χ1n) is 6.23. The van der Waals surface area contributed by atoms with Gasteiger partial charge in [0.15, 0.2) is 21.4 Å². The van der Waals surface area contributed by atoms with E-state index in [1.807, 2.05) is 0 Å². The molecule has 2 rings (SSSR count). The SMILES string of the molecule is C[C@@H](O)c1ccc(Oc2ccc(S(C)(=O)=O)cc2)c(F)c1. The quantitative estimate of drug-likeness (QED) is 0.942. The molecule has 0 aromatic heterocycles. The number of rotatable bonds is 4. The second-order valence-electron chi connectivity index (χ2n) is 4.71. The third kappa shape index (κ3) is 3.80. The van der Waals surface area contributed by atoms with Crippen LogP contribution in [0.3, 0.4) is 0 Å². The van der Waals surface area contributed by atoms with Crippen molar-refractivity contribution in [3.8, 4) is 11.5 Å². The lowest BCUT2D eigenvalue weighted by molar-refractivity contribution is 0.198. The van der Waals surface area contributed by atoms with Crippen molar-refractivity contribution >= 4 is 9.84 Å². The van der Waals surface area contributed by atoms with Crippen LogP contribution in [0.15, 0.2) is 47.4 Å². The van der Waals surface area contributed by atoms with Crippen molar-refractivity contribution in [3.05, 3.63) is 53.8 Å². The Morgan fingerprint density at radius 2 is 1.76 bits per heavy atom. The molecule has 0 saturated heterocycles. The summed E-state index contributed by atoms with van der Waals surface area (Å²) in [7, 11) is -3.27. The molecule has 2 aromatic carbocycles. The number of benzene rings is 2. The summed E-state index contributed by atoms with van der Waals surface area (Å²) >= 11 is 0. The number of aliphatic hydroxyl groups excluding tert-OH is 1. The van der Waals surface area contributed by atoms with Gasteiger partial charge < -0.3 is 9.84 Å². The summed E-state index contributed by atoms with van der Waals surface area (Å²) in [5.41, 5.74) is 0.451. The Hall–Kier alpha value is -1.92. The fourth-order valence-electron chi connectivity index (χ4n) is 1.74. The topological polar surface area (TPSA) is 63.6 Å². The van der Waals surface area contributed by atoms with Crippen LogP contribution in [0.1, 0.15) is 18.6 Å². The van der Waals surface area contributed by atoms with Crippen molar-refractivity contribution in [2.45, 2.75) is 17.9 Å². The predicted octanol–water partition coefficient (Wildman–Crippen LogP) is 3.07. The van der Waals surface area contributed by atoms with E-state index < -0.39 is 21.8 Å².